The van der Waals surface area contributed by atoms with Crippen molar-refractivity contribution in [2.45, 2.75) is 32.5 Å². The van der Waals surface area contributed by atoms with Crippen LogP contribution in [0, 0.1) is 0 Å². The molecular formula is C15H19N3OS2. The van der Waals surface area contributed by atoms with Crippen LogP contribution in [0.4, 0.5) is 0 Å². The van der Waals surface area contributed by atoms with E-state index >= 15 is 0 Å². The van der Waals surface area contributed by atoms with Crippen LogP contribution in [0.3, 0.4) is 0 Å². The van der Waals surface area contributed by atoms with Gasteiger partial charge in [0, 0.05) is 29.9 Å². The molecule has 1 aliphatic rings. The van der Waals surface area contributed by atoms with Crippen molar-refractivity contribution < 1.29 is 4.79 Å². The van der Waals surface area contributed by atoms with E-state index in [-0.39, 0.29) is 11.9 Å². The Kier molecular flexibility index (Phi) is 4.37. The first-order valence-corrected chi connectivity index (χ1v) is 8.88. The fourth-order valence-corrected chi connectivity index (χ4v) is 4.04. The van der Waals surface area contributed by atoms with Gasteiger partial charge in [-0.1, -0.05) is 0 Å². The summed E-state index contributed by atoms with van der Waals surface area (Å²) in [5, 5.41) is 4.16. The normalized spacial score (nSPS) is 16.0. The molecule has 112 valence electrons. The lowest BCUT2D eigenvalue weighted by Gasteiger charge is -2.32. The number of thiazole rings is 1. The van der Waals surface area contributed by atoms with E-state index in [2.05, 4.69) is 21.3 Å². The average molecular weight is 321 g/mol. The summed E-state index contributed by atoms with van der Waals surface area (Å²) in [4.78, 5) is 22.4. The lowest BCUT2D eigenvalue weighted by Crippen LogP contribution is -2.46. The summed E-state index contributed by atoms with van der Waals surface area (Å²) in [6.45, 7) is 4.29. The number of likely N-dealkylation sites (N-methyl/N-ethyl adjacent to an activating group) is 1. The quantitative estimate of drug-likeness (QED) is 0.868. The predicted octanol–water partition coefficient (Wildman–Crippen LogP) is 2.61. The summed E-state index contributed by atoms with van der Waals surface area (Å²) in [7, 11) is 1.99. The van der Waals surface area contributed by atoms with E-state index in [1.165, 1.54) is 10.4 Å². The largest absolute Gasteiger partial charge is 0.337 e. The Morgan fingerprint density at radius 1 is 1.57 bits per heavy atom. The molecule has 0 fully saturated rings. The van der Waals surface area contributed by atoms with Crippen LogP contribution in [0.5, 0.6) is 0 Å². The smallest absolute Gasteiger partial charge is 0.239 e. The number of hydrogen-bond acceptors (Lipinski definition) is 5. The van der Waals surface area contributed by atoms with Crippen LogP contribution in [0.15, 0.2) is 22.3 Å². The Labute approximate surface area is 133 Å². The van der Waals surface area contributed by atoms with Crippen LogP contribution in [-0.2, 0) is 24.3 Å². The van der Waals surface area contributed by atoms with Crippen LogP contribution >= 0.6 is 22.7 Å². The molecule has 0 radical (unpaired) electrons. The Hall–Kier alpha value is -1.24. The van der Waals surface area contributed by atoms with E-state index in [0.29, 0.717) is 6.54 Å². The SMILES string of the molecule is C[C@@H](C(=O)N1CCc2sccc2C1)N(C)Cc1cscn1. The number of rotatable bonds is 4. The van der Waals surface area contributed by atoms with Crippen molar-refractivity contribution in [2.75, 3.05) is 13.6 Å². The fraction of sp³-hybridized carbons (Fsp3) is 0.467. The van der Waals surface area contributed by atoms with Crippen LogP contribution < -0.4 is 0 Å². The zero-order valence-corrected chi connectivity index (χ0v) is 13.9. The minimum absolute atomic E-state index is 0.119. The van der Waals surface area contributed by atoms with Crippen molar-refractivity contribution in [1.82, 2.24) is 14.8 Å². The van der Waals surface area contributed by atoms with Crippen LogP contribution in [0.1, 0.15) is 23.1 Å². The molecule has 2 aromatic rings. The third-order valence-electron chi connectivity index (χ3n) is 4.03. The average Bonchev–Trinajstić information content (AvgIpc) is 3.15. The molecule has 3 heterocycles. The van der Waals surface area contributed by atoms with Gasteiger partial charge in [0.1, 0.15) is 0 Å². The van der Waals surface area contributed by atoms with Crippen molar-refractivity contribution >= 4 is 28.6 Å². The molecule has 0 unspecified atom stereocenters. The molecule has 21 heavy (non-hydrogen) atoms. The number of carbonyl (C=O) groups excluding carboxylic acids is 1. The van der Waals surface area contributed by atoms with Gasteiger partial charge in [0.2, 0.25) is 5.91 Å². The maximum absolute atomic E-state index is 12.7. The Balaban J connectivity index is 1.62. The highest BCUT2D eigenvalue weighted by atomic mass is 32.1. The summed E-state index contributed by atoms with van der Waals surface area (Å²) in [6.07, 6.45) is 0.987. The zero-order valence-electron chi connectivity index (χ0n) is 12.3. The molecule has 3 rings (SSSR count). The van der Waals surface area contributed by atoms with E-state index in [1.54, 1.807) is 22.7 Å². The number of aromatic nitrogens is 1. The molecule has 1 atom stereocenters. The number of carbonyl (C=O) groups is 1. The molecule has 6 heteroatoms. The summed E-state index contributed by atoms with van der Waals surface area (Å²) in [5.41, 5.74) is 4.17. The van der Waals surface area contributed by atoms with E-state index in [9.17, 15) is 4.79 Å². The van der Waals surface area contributed by atoms with E-state index in [4.69, 9.17) is 0 Å². The summed E-state index contributed by atoms with van der Waals surface area (Å²) in [6, 6.07) is 2.02. The van der Waals surface area contributed by atoms with Gasteiger partial charge in [0.15, 0.2) is 0 Å². The van der Waals surface area contributed by atoms with E-state index in [0.717, 1.165) is 25.2 Å². The standard InChI is InChI=1S/C15H19N3OS2/c1-11(17(2)8-13-9-20-10-16-13)15(19)18-5-3-14-12(7-18)4-6-21-14/h4,6,9-11H,3,5,7-8H2,1-2H3/t11-/m0/s1. The van der Waals surface area contributed by atoms with Gasteiger partial charge in [-0.25, -0.2) is 4.98 Å². The van der Waals surface area contributed by atoms with Gasteiger partial charge in [-0.15, -0.1) is 22.7 Å². The molecule has 0 saturated carbocycles. The second kappa shape index (κ2) is 6.25. The highest BCUT2D eigenvalue weighted by Crippen LogP contribution is 2.24. The lowest BCUT2D eigenvalue weighted by molar-refractivity contribution is -0.137. The molecule has 0 spiro atoms. The molecule has 1 aliphatic heterocycles. The van der Waals surface area contributed by atoms with Gasteiger partial charge in [-0.2, -0.15) is 0 Å². The monoisotopic (exact) mass is 321 g/mol. The minimum Gasteiger partial charge on any atom is -0.337 e. The minimum atomic E-state index is -0.119. The molecular weight excluding hydrogens is 302 g/mol. The highest BCUT2D eigenvalue weighted by molar-refractivity contribution is 7.10. The van der Waals surface area contributed by atoms with Gasteiger partial charge in [0.05, 0.1) is 17.2 Å². The van der Waals surface area contributed by atoms with Crippen molar-refractivity contribution in [2.24, 2.45) is 0 Å². The van der Waals surface area contributed by atoms with Gasteiger partial charge < -0.3 is 4.90 Å². The summed E-state index contributed by atoms with van der Waals surface area (Å²) < 4.78 is 0. The zero-order chi connectivity index (χ0) is 14.8. The number of thiophene rings is 1. The lowest BCUT2D eigenvalue weighted by atomic mass is 10.1. The maximum Gasteiger partial charge on any atom is 0.239 e. The number of fused-ring (bicyclic) bond motifs is 1. The first-order chi connectivity index (χ1) is 10.1. The third kappa shape index (κ3) is 3.17. The van der Waals surface area contributed by atoms with Gasteiger partial charge in [-0.05, 0) is 37.4 Å². The van der Waals surface area contributed by atoms with Crippen molar-refractivity contribution in [1.29, 1.82) is 0 Å². The molecule has 0 saturated heterocycles. The molecule has 0 aromatic carbocycles. The van der Waals surface area contributed by atoms with E-state index < -0.39 is 0 Å². The number of nitrogens with zero attached hydrogens (tertiary/aromatic N) is 3. The van der Waals surface area contributed by atoms with Crippen molar-refractivity contribution in [3.05, 3.63) is 38.5 Å². The Morgan fingerprint density at radius 2 is 2.43 bits per heavy atom. The second-order valence-electron chi connectivity index (χ2n) is 5.45. The van der Waals surface area contributed by atoms with Crippen LogP contribution in [-0.4, -0.2) is 40.3 Å². The molecule has 2 aromatic heterocycles. The molecule has 1 amide bonds. The molecule has 0 N–H and O–H groups in total. The van der Waals surface area contributed by atoms with E-state index in [1.807, 2.05) is 29.8 Å². The molecule has 0 bridgehead atoms. The Bertz CT molecular complexity index is 608. The fourth-order valence-electron chi connectivity index (χ4n) is 2.60. The maximum atomic E-state index is 12.7. The highest BCUT2D eigenvalue weighted by Gasteiger charge is 2.27. The molecule has 0 aliphatic carbocycles. The van der Waals surface area contributed by atoms with Gasteiger partial charge >= 0.3 is 0 Å². The van der Waals surface area contributed by atoms with Gasteiger partial charge in [-0.3, -0.25) is 9.69 Å². The van der Waals surface area contributed by atoms with Gasteiger partial charge in [0.25, 0.3) is 0 Å². The first kappa shape index (κ1) is 14.7. The predicted molar refractivity (Wildman–Crippen MR) is 86.5 cm³/mol. The summed E-state index contributed by atoms with van der Waals surface area (Å²) in [5.74, 6) is 0.213. The first-order valence-electron chi connectivity index (χ1n) is 7.06. The van der Waals surface area contributed by atoms with Crippen molar-refractivity contribution in [3.63, 3.8) is 0 Å². The number of amides is 1. The topological polar surface area (TPSA) is 36.4 Å². The second-order valence-corrected chi connectivity index (χ2v) is 7.17. The Morgan fingerprint density at radius 3 is 3.19 bits per heavy atom. The number of hydrogen-bond donors (Lipinski definition) is 0. The third-order valence-corrected chi connectivity index (χ3v) is 5.69. The van der Waals surface area contributed by atoms with Crippen molar-refractivity contribution in [3.8, 4) is 0 Å². The summed E-state index contributed by atoms with van der Waals surface area (Å²) >= 11 is 3.39. The van der Waals surface area contributed by atoms with Crippen LogP contribution in [0.25, 0.3) is 0 Å². The van der Waals surface area contributed by atoms with Crippen LogP contribution in [0.2, 0.25) is 0 Å². The molecule has 4 nitrogen and oxygen atoms in total.